The number of aromatic nitrogens is 2. The van der Waals surface area contributed by atoms with E-state index in [0.29, 0.717) is 22.1 Å². The van der Waals surface area contributed by atoms with Crippen LogP contribution < -0.4 is 5.56 Å². The van der Waals surface area contributed by atoms with E-state index in [2.05, 4.69) is 18.8 Å². The molecule has 0 aliphatic rings. The Morgan fingerprint density at radius 1 is 1.29 bits per heavy atom. The van der Waals surface area contributed by atoms with Gasteiger partial charge in [-0.15, -0.1) is 11.3 Å². The van der Waals surface area contributed by atoms with Crippen molar-refractivity contribution in [2.75, 3.05) is 0 Å². The third-order valence-electron chi connectivity index (χ3n) is 3.54. The van der Waals surface area contributed by atoms with Crippen LogP contribution in [0.3, 0.4) is 0 Å². The van der Waals surface area contributed by atoms with Gasteiger partial charge in [0, 0.05) is 17.6 Å². The van der Waals surface area contributed by atoms with Crippen LogP contribution in [0, 0.1) is 5.92 Å². The number of fused-ring (bicyclic) bond motifs is 1. The summed E-state index contributed by atoms with van der Waals surface area (Å²) in [4.78, 5) is 28.9. The molecule has 5 nitrogen and oxygen atoms in total. The highest BCUT2D eigenvalue weighted by atomic mass is 32.1. The van der Waals surface area contributed by atoms with Crippen LogP contribution in [0.4, 0.5) is 0 Å². The van der Waals surface area contributed by atoms with E-state index in [0.717, 1.165) is 6.42 Å². The maximum Gasteiger partial charge on any atom is 0.338 e. The molecule has 2 heterocycles. The summed E-state index contributed by atoms with van der Waals surface area (Å²) < 4.78 is 6.73. The van der Waals surface area contributed by atoms with E-state index >= 15 is 0 Å². The Hall–Kier alpha value is -2.47. The number of hydrogen-bond acceptors (Lipinski definition) is 5. The van der Waals surface area contributed by atoms with E-state index < -0.39 is 5.97 Å². The monoisotopic (exact) mass is 342 g/mol. The van der Waals surface area contributed by atoms with Gasteiger partial charge in [0.05, 0.1) is 11.3 Å². The zero-order valence-electron chi connectivity index (χ0n) is 13.6. The number of hydrogen-bond donors (Lipinski definition) is 0. The average molecular weight is 342 g/mol. The number of carbonyl (C=O) groups excluding carboxylic acids is 1. The fraction of sp³-hybridized carbons (Fsp3) is 0.278. The van der Waals surface area contributed by atoms with Crippen molar-refractivity contribution in [1.29, 1.82) is 0 Å². The minimum absolute atomic E-state index is 0.0176. The lowest BCUT2D eigenvalue weighted by molar-refractivity contribution is 0.0468. The molecule has 0 radical (unpaired) electrons. The van der Waals surface area contributed by atoms with E-state index in [1.165, 1.54) is 27.4 Å². The van der Waals surface area contributed by atoms with Crippen LogP contribution in [0.5, 0.6) is 0 Å². The Labute approximate surface area is 143 Å². The minimum atomic E-state index is -0.417. The van der Waals surface area contributed by atoms with E-state index in [9.17, 15) is 9.59 Å². The first-order valence-corrected chi connectivity index (χ1v) is 8.63. The number of nitrogens with zero attached hydrogens (tertiary/aromatic N) is 2. The molecule has 0 amide bonds. The van der Waals surface area contributed by atoms with Gasteiger partial charge in [-0.3, -0.25) is 9.20 Å². The largest absolute Gasteiger partial charge is 0.456 e. The van der Waals surface area contributed by atoms with Crippen molar-refractivity contribution in [2.24, 2.45) is 5.92 Å². The molecular formula is C18H18N2O3S. The van der Waals surface area contributed by atoms with Crippen LogP contribution in [0.15, 0.2) is 46.7 Å². The molecule has 0 unspecified atom stereocenters. The molecular weight excluding hydrogens is 324 g/mol. The first-order chi connectivity index (χ1) is 11.5. The molecule has 0 spiro atoms. The van der Waals surface area contributed by atoms with Gasteiger partial charge in [-0.05, 0) is 30.0 Å². The van der Waals surface area contributed by atoms with Crippen molar-refractivity contribution in [2.45, 2.75) is 26.9 Å². The molecule has 2 aromatic heterocycles. The van der Waals surface area contributed by atoms with E-state index in [1.54, 1.807) is 23.7 Å². The van der Waals surface area contributed by atoms with Crippen molar-refractivity contribution in [3.05, 3.63) is 69.1 Å². The quantitative estimate of drug-likeness (QED) is 0.668. The van der Waals surface area contributed by atoms with Crippen molar-refractivity contribution in [3.8, 4) is 0 Å². The highest BCUT2D eigenvalue weighted by Crippen LogP contribution is 2.12. The van der Waals surface area contributed by atoms with Crippen molar-refractivity contribution in [3.63, 3.8) is 0 Å². The molecule has 0 saturated carbocycles. The second-order valence-electron chi connectivity index (χ2n) is 6.01. The molecule has 0 saturated heterocycles. The third kappa shape index (κ3) is 3.71. The first kappa shape index (κ1) is 16.4. The average Bonchev–Trinajstić information content (AvgIpc) is 3.02. The molecule has 0 bridgehead atoms. The lowest BCUT2D eigenvalue weighted by Gasteiger charge is -2.07. The van der Waals surface area contributed by atoms with Crippen LogP contribution in [-0.4, -0.2) is 15.4 Å². The van der Waals surface area contributed by atoms with Crippen molar-refractivity contribution in [1.82, 2.24) is 9.38 Å². The van der Waals surface area contributed by atoms with Crippen LogP contribution in [0.2, 0.25) is 0 Å². The molecule has 1 aromatic carbocycles. The van der Waals surface area contributed by atoms with Gasteiger partial charge in [0.1, 0.15) is 6.61 Å². The van der Waals surface area contributed by atoms with Gasteiger partial charge >= 0.3 is 5.97 Å². The maximum absolute atomic E-state index is 12.1. The van der Waals surface area contributed by atoms with Crippen LogP contribution in [-0.2, 0) is 17.8 Å². The standard InChI is InChI=1S/C18H18N2O3S/c1-12(2)9-13-3-5-14(6-4-13)17(22)23-11-15-10-16(21)20-7-8-24-18(20)19-15/h3-8,10,12H,9,11H2,1-2H3. The predicted molar refractivity (Wildman–Crippen MR) is 93.4 cm³/mol. The minimum Gasteiger partial charge on any atom is -0.456 e. The van der Waals surface area contributed by atoms with E-state index in [-0.39, 0.29) is 12.2 Å². The highest BCUT2D eigenvalue weighted by molar-refractivity contribution is 7.15. The fourth-order valence-electron chi connectivity index (χ4n) is 2.43. The summed E-state index contributed by atoms with van der Waals surface area (Å²) in [6.07, 6.45) is 2.65. The molecule has 0 atom stereocenters. The summed E-state index contributed by atoms with van der Waals surface area (Å²) in [6.45, 7) is 4.29. The predicted octanol–water partition coefficient (Wildman–Crippen LogP) is 3.31. The van der Waals surface area contributed by atoms with Crippen LogP contribution in [0.25, 0.3) is 4.96 Å². The maximum atomic E-state index is 12.1. The summed E-state index contributed by atoms with van der Waals surface area (Å²) in [5, 5.41) is 1.79. The number of ether oxygens (including phenoxy) is 1. The van der Waals surface area contributed by atoms with Gasteiger partial charge in [0.15, 0.2) is 4.96 Å². The Kier molecular flexibility index (Phi) is 4.76. The number of rotatable bonds is 5. The highest BCUT2D eigenvalue weighted by Gasteiger charge is 2.10. The molecule has 0 fully saturated rings. The number of thiazole rings is 1. The van der Waals surface area contributed by atoms with Crippen molar-refractivity contribution < 1.29 is 9.53 Å². The molecule has 3 rings (SSSR count). The van der Waals surface area contributed by atoms with Crippen LogP contribution >= 0.6 is 11.3 Å². The van der Waals surface area contributed by atoms with E-state index in [1.807, 2.05) is 12.1 Å². The van der Waals surface area contributed by atoms with E-state index in [4.69, 9.17) is 4.74 Å². The molecule has 0 aliphatic heterocycles. The zero-order valence-corrected chi connectivity index (χ0v) is 14.4. The second-order valence-corrected chi connectivity index (χ2v) is 6.89. The number of benzene rings is 1. The Bertz CT molecular complexity index is 910. The molecule has 124 valence electrons. The number of carbonyl (C=O) groups is 1. The van der Waals surface area contributed by atoms with Gasteiger partial charge < -0.3 is 4.74 Å². The summed E-state index contributed by atoms with van der Waals surface area (Å²) in [5.74, 6) is 0.152. The van der Waals surface area contributed by atoms with Crippen LogP contribution in [0.1, 0.15) is 35.5 Å². The van der Waals surface area contributed by atoms with Gasteiger partial charge in [-0.2, -0.15) is 0 Å². The normalized spacial score (nSPS) is 11.1. The summed E-state index contributed by atoms with van der Waals surface area (Å²) in [5.41, 5.74) is 1.97. The smallest absolute Gasteiger partial charge is 0.338 e. The molecule has 0 N–H and O–H groups in total. The van der Waals surface area contributed by atoms with Gasteiger partial charge in [0.25, 0.3) is 5.56 Å². The Morgan fingerprint density at radius 2 is 2.04 bits per heavy atom. The SMILES string of the molecule is CC(C)Cc1ccc(C(=O)OCc2cc(=O)n3ccsc3n2)cc1. The Morgan fingerprint density at radius 3 is 2.75 bits per heavy atom. The molecule has 0 aliphatic carbocycles. The fourth-order valence-corrected chi connectivity index (χ4v) is 3.17. The number of esters is 1. The van der Waals surface area contributed by atoms with Gasteiger partial charge in [-0.25, -0.2) is 9.78 Å². The Balaban J connectivity index is 1.67. The first-order valence-electron chi connectivity index (χ1n) is 7.75. The lowest BCUT2D eigenvalue weighted by Crippen LogP contribution is -2.14. The lowest BCUT2D eigenvalue weighted by atomic mass is 10.0. The van der Waals surface area contributed by atoms with Crippen molar-refractivity contribution >= 4 is 22.3 Å². The molecule has 6 heteroatoms. The summed E-state index contributed by atoms with van der Waals surface area (Å²) in [7, 11) is 0. The second kappa shape index (κ2) is 6.97. The summed E-state index contributed by atoms with van der Waals surface area (Å²) in [6, 6.07) is 8.81. The van der Waals surface area contributed by atoms with Gasteiger partial charge in [-0.1, -0.05) is 26.0 Å². The topological polar surface area (TPSA) is 60.7 Å². The van der Waals surface area contributed by atoms with Gasteiger partial charge in [0.2, 0.25) is 0 Å². The summed E-state index contributed by atoms with van der Waals surface area (Å²) >= 11 is 1.36. The molecule has 3 aromatic rings. The third-order valence-corrected chi connectivity index (χ3v) is 4.30. The zero-order chi connectivity index (χ0) is 17.1. The molecule has 24 heavy (non-hydrogen) atoms.